The summed E-state index contributed by atoms with van der Waals surface area (Å²) >= 11 is 5.87. The molecule has 2 rings (SSSR count). The van der Waals surface area contributed by atoms with Gasteiger partial charge in [0.15, 0.2) is 0 Å². The molecule has 0 bridgehead atoms. The van der Waals surface area contributed by atoms with Crippen molar-refractivity contribution in [2.24, 2.45) is 0 Å². The summed E-state index contributed by atoms with van der Waals surface area (Å²) in [7, 11) is 1.63. The number of ether oxygens (including phenoxy) is 1. The van der Waals surface area contributed by atoms with Crippen molar-refractivity contribution in [3.05, 3.63) is 64.7 Å². The first-order valence-corrected chi connectivity index (χ1v) is 6.51. The molecule has 0 amide bonds. The van der Waals surface area contributed by atoms with E-state index in [2.05, 4.69) is 0 Å². The third kappa shape index (κ3) is 3.28. The minimum absolute atomic E-state index is 0.485. The van der Waals surface area contributed by atoms with Crippen molar-refractivity contribution in [1.29, 1.82) is 0 Å². The number of rotatable bonds is 4. The zero-order valence-electron chi connectivity index (χ0n) is 11.1. The van der Waals surface area contributed by atoms with Gasteiger partial charge in [0, 0.05) is 11.4 Å². The number of para-hydroxylation sites is 1. The van der Waals surface area contributed by atoms with Crippen molar-refractivity contribution < 1.29 is 9.84 Å². The van der Waals surface area contributed by atoms with Crippen LogP contribution in [-0.2, 0) is 12.0 Å². The van der Waals surface area contributed by atoms with Gasteiger partial charge < -0.3 is 9.84 Å². The maximum Gasteiger partial charge on any atom is 0.122 e. The summed E-state index contributed by atoms with van der Waals surface area (Å²) in [5.41, 5.74) is 0.854. The number of methoxy groups -OCH3 is 1. The molecule has 2 aromatic carbocycles. The third-order valence-electron chi connectivity index (χ3n) is 3.19. The fourth-order valence-corrected chi connectivity index (χ4v) is 2.26. The summed E-state index contributed by atoms with van der Waals surface area (Å²) in [6.45, 7) is 1.79. The maximum atomic E-state index is 10.7. The second-order valence-electron chi connectivity index (χ2n) is 4.77. The molecule has 0 fully saturated rings. The van der Waals surface area contributed by atoms with Crippen LogP contribution in [0.1, 0.15) is 18.1 Å². The normalized spacial score (nSPS) is 13.9. The van der Waals surface area contributed by atoms with Gasteiger partial charge in [-0.25, -0.2) is 0 Å². The van der Waals surface area contributed by atoms with Crippen LogP contribution in [0, 0.1) is 0 Å². The van der Waals surface area contributed by atoms with Crippen LogP contribution in [0.3, 0.4) is 0 Å². The van der Waals surface area contributed by atoms with Crippen LogP contribution in [0.2, 0.25) is 5.02 Å². The van der Waals surface area contributed by atoms with Crippen molar-refractivity contribution >= 4 is 11.6 Å². The molecular formula is C16H17ClO2. The molecule has 0 aliphatic heterocycles. The van der Waals surface area contributed by atoms with Crippen LogP contribution >= 0.6 is 11.6 Å². The number of benzene rings is 2. The first kappa shape index (κ1) is 13.9. The fraction of sp³-hybridized carbons (Fsp3) is 0.250. The molecule has 1 unspecified atom stereocenters. The molecule has 0 aliphatic carbocycles. The fourth-order valence-electron chi connectivity index (χ4n) is 2.13. The van der Waals surface area contributed by atoms with Gasteiger partial charge in [0.05, 0.1) is 12.7 Å². The molecule has 0 saturated carbocycles. The predicted molar refractivity (Wildman–Crippen MR) is 77.7 cm³/mol. The highest BCUT2D eigenvalue weighted by atomic mass is 35.5. The summed E-state index contributed by atoms with van der Waals surface area (Å²) in [6, 6.07) is 15.0. The van der Waals surface area contributed by atoms with Gasteiger partial charge in [-0.15, -0.1) is 0 Å². The van der Waals surface area contributed by atoms with Crippen molar-refractivity contribution in [3.8, 4) is 5.75 Å². The Labute approximate surface area is 118 Å². The Hall–Kier alpha value is -1.51. The van der Waals surface area contributed by atoms with Crippen molar-refractivity contribution in [2.45, 2.75) is 18.9 Å². The van der Waals surface area contributed by atoms with E-state index in [1.54, 1.807) is 26.2 Å². The lowest BCUT2D eigenvalue weighted by atomic mass is 9.89. The zero-order chi connectivity index (χ0) is 13.9. The van der Waals surface area contributed by atoms with Crippen LogP contribution in [0.5, 0.6) is 5.75 Å². The van der Waals surface area contributed by atoms with Gasteiger partial charge in [-0.05, 0) is 36.2 Å². The summed E-state index contributed by atoms with van der Waals surface area (Å²) in [4.78, 5) is 0. The second-order valence-corrected chi connectivity index (χ2v) is 5.21. The molecule has 19 heavy (non-hydrogen) atoms. The minimum Gasteiger partial charge on any atom is -0.496 e. The molecular weight excluding hydrogens is 260 g/mol. The standard InChI is InChI=1S/C16H17ClO2/c1-16(18,13-7-9-14(17)10-8-13)11-12-5-3-4-6-15(12)19-2/h3-10,18H,11H2,1-2H3. The highest BCUT2D eigenvalue weighted by Crippen LogP contribution is 2.30. The molecule has 100 valence electrons. The first-order valence-electron chi connectivity index (χ1n) is 6.13. The van der Waals surface area contributed by atoms with Gasteiger partial charge in [-0.2, -0.15) is 0 Å². The van der Waals surface area contributed by atoms with Crippen LogP contribution in [0.15, 0.2) is 48.5 Å². The van der Waals surface area contributed by atoms with E-state index in [1.165, 1.54) is 0 Å². The highest BCUT2D eigenvalue weighted by Gasteiger charge is 2.24. The van der Waals surface area contributed by atoms with Gasteiger partial charge in [0.2, 0.25) is 0 Å². The molecule has 2 nitrogen and oxygen atoms in total. The molecule has 0 saturated heterocycles. The van der Waals surface area contributed by atoms with Gasteiger partial charge >= 0.3 is 0 Å². The van der Waals surface area contributed by atoms with E-state index in [0.717, 1.165) is 16.9 Å². The maximum absolute atomic E-state index is 10.7. The first-order chi connectivity index (χ1) is 9.03. The van der Waals surface area contributed by atoms with E-state index in [1.807, 2.05) is 36.4 Å². The summed E-state index contributed by atoms with van der Waals surface area (Å²) in [5, 5.41) is 11.3. The molecule has 1 N–H and O–H groups in total. The Morgan fingerprint density at radius 2 is 1.74 bits per heavy atom. The van der Waals surface area contributed by atoms with Crippen LogP contribution < -0.4 is 4.74 Å². The third-order valence-corrected chi connectivity index (χ3v) is 3.45. The van der Waals surface area contributed by atoms with E-state index in [4.69, 9.17) is 16.3 Å². The Morgan fingerprint density at radius 3 is 2.37 bits per heavy atom. The Kier molecular flexibility index (Phi) is 4.13. The topological polar surface area (TPSA) is 29.5 Å². The summed E-state index contributed by atoms with van der Waals surface area (Å²) < 4.78 is 5.31. The zero-order valence-corrected chi connectivity index (χ0v) is 11.8. The summed E-state index contributed by atoms with van der Waals surface area (Å²) in [5.74, 6) is 0.789. The lowest BCUT2D eigenvalue weighted by molar-refractivity contribution is 0.0570. The monoisotopic (exact) mass is 276 g/mol. The van der Waals surface area contributed by atoms with E-state index >= 15 is 0 Å². The van der Waals surface area contributed by atoms with E-state index in [-0.39, 0.29) is 0 Å². The Morgan fingerprint density at radius 1 is 1.11 bits per heavy atom. The van der Waals surface area contributed by atoms with E-state index in [0.29, 0.717) is 11.4 Å². The summed E-state index contributed by atoms with van der Waals surface area (Å²) in [6.07, 6.45) is 0.485. The Balaban J connectivity index is 2.27. The minimum atomic E-state index is -0.959. The second kappa shape index (κ2) is 5.64. The molecule has 0 heterocycles. The molecule has 0 aliphatic rings. The van der Waals surface area contributed by atoms with Gasteiger partial charge in [0.25, 0.3) is 0 Å². The predicted octanol–water partition coefficient (Wildman–Crippen LogP) is 3.80. The number of hydrogen-bond acceptors (Lipinski definition) is 2. The SMILES string of the molecule is COc1ccccc1CC(C)(O)c1ccc(Cl)cc1. The number of halogens is 1. The average molecular weight is 277 g/mol. The number of hydrogen-bond donors (Lipinski definition) is 1. The quantitative estimate of drug-likeness (QED) is 0.920. The molecule has 1 atom stereocenters. The van der Waals surface area contributed by atoms with E-state index in [9.17, 15) is 5.11 Å². The highest BCUT2D eigenvalue weighted by molar-refractivity contribution is 6.30. The Bertz CT molecular complexity index is 547. The van der Waals surface area contributed by atoms with Crippen LogP contribution in [0.4, 0.5) is 0 Å². The molecule has 0 radical (unpaired) electrons. The lowest BCUT2D eigenvalue weighted by Crippen LogP contribution is -2.24. The van der Waals surface area contributed by atoms with Gasteiger partial charge in [-0.3, -0.25) is 0 Å². The van der Waals surface area contributed by atoms with Crippen molar-refractivity contribution in [2.75, 3.05) is 7.11 Å². The van der Waals surface area contributed by atoms with Gasteiger partial charge in [0.1, 0.15) is 5.75 Å². The van der Waals surface area contributed by atoms with E-state index < -0.39 is 5.60 Å². The van der Waals surface area contributed by atoms with Crippen molar-refractivity contribution in [1.82, 2.24) is 0 Å². The average Bonchev–Trinajstić information content (AvgIpc) is 2.39. The smallest absolute Gasteiger partial charge is 0.122 e. The van der Waals surface area contributed by atoms with Gasteiger partial charge in [-0.1, -0.05) is 41.9 Å². The molecule has 0 spiro atoms. The van der Waals surface area contributed by atoms with Crippen LogP contribution in [-0.4, -0.2) is 12.2 Å². The molecule has 3 heteroatoms. The molecule has 2 aromatic rings. The van der Waals surface area contributed by atoms with Crippen LogP contribution in [0.25, 0.3) is 0 Å². The molecule has 0 aromatic heterocycles. The number of aliphatic hydroxyl groups is 1. The van der Waals surface area contributed by atoms with Crippen molar-refractivity contribution in [3.63, 3.8) is 0 Å². The largest absolute Gasteiger partial charge is 0.496 e. The lowest BCUT2D eigenvalue weighted by Gasteiger charge is -2.25.